The molecule has 1 aliphatic heterocycles. The molecule has 0 aromatic heterocycles. The maximum Gasteiger partial charge on any atom is 0.242 e. The summed E-state index contributed by atoms with van der Waals surface area (Å²) in [5.41, 5.74) is 3.19. The zero-order valence-corrected chi connectivity index (χ0v) is 14.8. The van der Waals surface area contributed by atoms with Gasteiger partial charge in [0, 0.05) is 33.6 Å². The molecule has 24 heavy (non-hydrogen) atoms. The summed E-state index contributed by atoms with van der Waals surface area (Å²) in [6, 6.07) is 13.3. The van der Waals surface area contributed by atoms with E-state index in [2.05, 4.69) is 11.4 Å². The smallest absolute Gasteiger partial charge is 0.242 e. The second-order valence-corrected chi connectivity index (χ2v) is 8.16. The van der Waals surface area contributed by atoms with Crippen LogP contribution in [0.1, 0.15) is 16.7 Å². The number of benzene rings is 2. The third kappa shape index (κ3) is 3.45. The third-order valence-corrected chi connectivity index (χ3v) is 6.05. The Bertz CT molecular complexity index is 832. The van der Waals surface area contributed by atoms with Gasteiger partial charge in [0.25, 0.3) is 0 Å². The van der Waals surface area contributed by atoms with E-state index in [0.29, 0.717) is 18.0 Å². The lowest BCUT2D eigenvalue weighted by atomic mass is 10.1. The van der Waals surface area contributed by atoms with Gasteiger partial charge < -0.3 is 10.1 Å². The predicted molar refractivity (Wildman–Crippen MR) is 93.5 cm³/mol. The van der Waals surface area contributed by atoms with Crippen LogP contribution in [0.3, 0.4) is 0 Å². The van der Waals surface area contributed by atoms with Crippen molar-refractivity contribution in [2.75, 3.05) is 20.7 Å². The Balaban J connectivity index is 1.69. The Kier molecular flexibility index (Phi) is 4.89. The van der Waals surface area contributed by atoms with Gasteiger partial charge in [-0.1, -0.05) is 30.3 Å². The second kappa shape index (κ2) is 6.93. The normalized spacial score (nSPS) is 13.8. The molecule has 3 rings (SSSR count). The van der Waals surface area contributed by atoms with Gasteiger partial charge in [0.05, 0.1) is 11.5 Å². The topological polar surface area (TPSA) is 58.6 Å². The number of sulfonamides is 1. The molecule has 1 heterocycles. The zero-order valence-electron chi connectivity index (χ0n) is 14.0. The monoisotopic (exact) mass is 346 g/mol. The van der Waals surface area contributed by atoms with Crippen molar-refractivity contribution in [2.24, 2.45) is 0 Å². The number of nitrogens with one attached hydrogen (secondary N) is 1. The molecule has 0 spiro atoms. The predicted octanol–water partition coefficient (Wildman–Crippen LogP) is 2.16. The first-order valence-corrected chi connectivity index (χ1v) is 9.38. The number of hydrogen-bond donors (Lipinski definition) is 1. The van der Waals surface area contributed by atoms with Crippen molar-refractivity contribution in [3.8, 4) is 5.75 Å². The van der Waals surface area contributed by atoms with Crippen LogP contribution in [0.4, 0.5) is 0 Å². The Morgan fingerprint density at radius 1 is 1.12 bits per heavy atom. The molecule has 0 amide bonds. The highest BCUT2D eigenvalue weighted by Gasteiger charge is 2.20. The summed E-state index contributed by atoms with van der Waals surface area (Å²) in [7, 11) is -0.338. The highest BCUT2D eigenvalue weighted by atomic mass is 32.2. The van der Waals surface area contributed by atoms with Crippen molar-refractivity contribution < 1.29 is 13.2 Å². The summed E-state index contributed by atoms with van der Waals surface area (Å²) in [6.45, 7) is 1.93. The SMILES string of the molecule is CN(C)S(=O)(=O)c1ccccc1CNCc1ccc2c(c1)CCO2. The zero-order chi connectivity index (χ0) is 17.2. The van der Waals surface area contributed by atoms with Crippen molar-refractivity contribution in [1.82, 2.24) is 9.62 Å². The molecule has 0 saturated carbocycles. The molecule has 2 aromatic carbocycles. The molecular formula is C18H22N2O3S. The molecule has 5 nitrogen and oxygen atoms in total. The van der Waals surface area contributed by atoms with Crippen LogP contribution in [0.25, 0.3) is 0 Å². The Labute approximate surface area is 143 Å². The van der Waals surface area contributed by atoms with Crippen LogP contribution in [-0.2, 0) is 29.5 Å². The van der Waals surface area contributed by atoms with Gasteiger partial charge in [-0.05, 0) is 28.8 Å². The van der Waals surface area contributed by atoms with Gasteiger partial charge in [0.15, 0.2) is 0 Å². The molecule has 0 atom stereocenters. The van der Waals surface area contributed by atoms with Gasteiger partial charge in [-0.25, -0.2) is 12.7 Å². The third-order valence-electron chi connectivity index (χ3n) is 4.13. The van der Waals surface area contributed by atoms with E-state index >= 15 is 0 Å². The van der Waals surface area contributed by atoms with Crippen LogP contribution in [0.2, 0.25) is 0 Å². The molecule has 0 aliphatic carbocycles. The molecule has 0 unspecified atom stereocenters. The summed E-state index contributed by atoms with van der Waals surface area (Å²) in [5, 5.41) is 3.34. The fourth-order valence-electron chi connectivity index (χ4n) is 2.79. The summed E-state index contributed by atoms with van der Waals surface area (Å²) in [6.07, 6.45) is 0.951. The Morgan fingerprint density at radius 2 is 1.92 bits per heavy atom. The summed E-state index contributed by atoms with van der Waals surface area (Å²) in [5.74, 6) is 0.973. The van der Waals surface area contributed by atoms with Gasteiger partial charge in [-0.3, -0.25) is 0 Å². The standard InChI is InChI=1S/C18H22N2O3S/c1-20(2)24(21,22)18-6-4-3-5-16(18)13-19-12-14-7-8-17-15(11-14)9-10-23-17/h3-8,11,19H,9-10,12-13H2,1-2H3. The van der Waals surface area contributed by atoms with Gasteiger partial charge >= 0.3 is 0 Å². The van der Waals surface area contributed by atoms with Gasteiger partial charge in [-0.15, -0.1) is 0 Å². The summed E-state index contributed by atoms with van der Waals surface area (Å²) >= 11 is 0. The molecule has 1 aliphatic rings. The van der Waals surface area contributed by atoms with E-state index in [1.807, 2.05) is 24.3 Å². The Hall–Kier alpha value is -1.89. The summed E-state index contributed by atoms with van der Waals surface area (Å²) < 4.78 is 31.5. The molecule has 128 valence electrons. The lowest BCUT2D eigenvalue weighted by Crippen LogP contribution is -2.24. The first-order valence-electron chi connectivity index (χ1n) is 7.94. The fraction of sp³-hybridized carbons (Fsp3) is 0.333. The molecule has 0 fully saturated rings. The van der Waals surface area contributed by atoms with Crippen LogP contribution >= 0.6 is 0 Å². The van der Waals surface area contributed by atoms with Crippen LogP contribution in [-0.4, -0.2) is 33.4 Å². The minimum atomic E-state index is -3.43. The van der Waals surface area contributed by atoms with Crippen LogP contribution < -0.4 is 10.1 Å². The van der Waals surface area contributed by atoms with Crippen LogP contribution in [0, 0.1) is 0 Å². The van der Waals surface area contributed by atoms with E-state index in [0.717, 1.165) is 24.3 Å². The van der Waals surface area contributed by atoms with E-state index in [9.17, 15) is 8.42 Å². The first-order chi connectivity index (χ1) is 11.5. The average Bonchev–Trinajstić information content (AvgIpc) is 3.03. The van der Waals surface area contributed by atoms with E-state index in [1.165, 1.54) is 15.4 Å². The second-order valence-electron chi connectivity index (χ2n) is 6.04. The molecule has 6 heteroatoms. The molecule has 0 saturated heterocycles. The van der Waals surface area contributed by atoms with Crippen molar-refractivity contribution in [3.05, 3.63) is 59.2 Å². The maximum absolute atomic E-state index is 12.4. The number of rotatable bonds is 6. The maximum atomic E-state index is 12.4. The first kappa shape index (κ1) is 17.0. The van der Waals surface area contributed by atoms with Gasteiger partial charge in [0.1, 0.15) is 5.75 Å². The fourth-order valence-corrected chi connectivity index (χ4v) is 3.91. The number of fused-ring (bicyclic) bond motifs is 1. The molecular weight excluding hydrogens is 324 g/mol. The molecule has 2 aromatic rings. The van der Waals surface area contributed by atoms with Gasteiger partial charge in [0.2, 0.25) is 10.0 Å². The highest BCUT2D eigenvalue weighted by Crippen LogP contribution is 2.26. The molecule has 0 bridgehead atoms. The quantitative estimate of drug-likeness (QED) is 0.871. The number of nitrogens with zero attached hydrogens (tertiary/aromatic N) is 1. The minimum Gasteiger partial charge on any atom is -0.493 e. The van der Waals surface area contributed by atoms with E-state index in [4.69, 9.17) is 4.74 Å². The largest absolute Gasteiger partial charge is 0.493 e. The lowest BCUT2D eigenvalue weighted by Gasteiger charge is -2.15. The lowest BCUT2D eigenvalue weighted by molar-refractivity contribution is 0.357. The van der Waals surface area contributed by atoms with E-state index in [1.54, 1.807) is 26.2 Å². The summed E-state index contributed by atoms with van der Waals surface area (Å²) in [4.78, 5) is 0.352. The Morgan fingerprint density at radius 3 is 2.71 bits per heavy atom. The minimum absolute atomic E-state index is 0.352. The van der Waals surface area contributed by atoms with Gasteiger partial charge in [-0.2, -0.15) is 0 Å². The van der Waals surface area contributed by atoms with Crippen molar-refractivity contribution in [1.29, 1.82) is 0 Å². The van der Waals surface area contributed by atoms with Crippen LogP contribution in [0.15, 0.2) is 47.4 Å². The number of ether oxygens (including phenoxy) is 1. The van der Waals surface area contributed by atoms with E-state index < -0.39 is 10.0 Å². The van der Waals surface area contributed by atoms with E-state index in [-0.39, 0.29) is 0 Å². The van der Waals surface area contributed by atoms with Crippen molar-refractivity contribution >= 4 is 10.0 Å². The van der Waals surface area contributed by atoms with Crippen molar-refractivity contribution in [2.45, 2.75) is 24.4 Å². The average molecular weight is 346 g/mol. The van der Waals surface area contributed by atoms with Crippen LogP contribution in [0.5, 0.6) is 5.75 Å². The number of hydrogen-bond acceptors (Lipinski definition) is 4. The highest BCUT2D eigenvalue weighted by molar-refractivity contribution is 7.89. The van der Waals surface area contributed by atoms with Crippen molar-refractivity contribution in [3.63, 3.8) is 0 Å². The molecule has 0 radical (unpaired) electrons. The molecule has 1 N–H and O–H groups in total.